The maximum atomic E-state index is 13.4. The first-order valence-electron chi connectivity index (χ1n) is 5.93. The summed E-state index contributed by atoms with van der Waals surface area (Å²) in [5.74, 6) is 0.251. The van der Waals surface area contributed by atoms with Crippen molar-refractivity contribution >= 4 is 11.6 Å². The standard InChI is InChI=1S/C13H20ClFN2/c1-3-10(6-16)7-17-8-11-5-13(15)9(2)4-12(11)14/h4-5,10,17H,3,6-8,16H2,1-2H3. The van der Waals surface area contributed by atoms with Gasteiger partial charge in [-0.2, -0.15) is 0 Å². The second kappa shape index (κ2) is 6.94. The minimum absolute atomic E-state index is 0.211. The van der Waals surface area contributed by atoms with E-state index in [1.54, 1.807) is 13.0 Å². The van der Waals surface area contributed by atoms with Crippen LogP contribution in [0.4, 0.5) is 4.39 Å². The zero-order chi connectivity index (χ0) is 12.8. The first kappa shape index (κ1) is 14.4. The van der Waals surface area contributed by atoms with Crippen molar-refractivity contribution in [1.82, 2.24) is 5.32 Å². The van der Waals surface area contributed by atoms with Gasteiger partial charge < -0.3 is 11.1 Å². The third kappa shape index (κ3) is 4.26. The normalized spacial score (nSPS) is 12.8. The van der Waals surface area contributed by atoms with Gasteiger partial charge in [0, 0.05) is 11.6 Å². The number of rotatable bonds is 6. The van der Waals surface area contributed by atoms with Crippen molar-refractivity contribution in [2.75, 3.05) is 13.1 Å². The van der Waals surface area contributed by atoms with Crippen LogP contribution in [0.1, 0.15) is 24.5 Å². The molecule has 17 heavy (non-hydrogen) atoms. The van der Waals surface area contributed by atoms with E-state index in [2.05, 4.69) is 12.2 Å². The maximum absolute atomic E-state index is 13.4. The molecule has 1 rings (SSSR count). The van der Waals surface area contributed by atoms with Gasteiger partial charge in [-0.25, -0.2) is 4.39 Å². The second-order valence-electron chi connectivity index (χ2n) is 4.33. The first-order valence-corrected chi connectivity index (χ1v) is 6.31. The minimum atomic E-state index is -0.211. The van der Waals surface area contributed by atoms with Crippen LogP contribution in [0.15, 0.2) is 12.1 Å². The van der Waals surface area contributed by atoms with Gasteiger partial charge in [0.05, 0.1) is 0 Å². The highest BCUT2D eigenvalue weighted by atomic mass is 35.5. The van der Waals surface area contributed by atoms with Gasteiger partial charge in [-0.05, 0) is 49.2 Å². The summed E-state index contributed by atoms with van der Waals surface area (Å²) in [4.78, 5) is 0. The van der Waals surface area contributed by atoms with Crippen molar-refractivity contribution in [2.45, 2.75) is 26.8 Å². The molecule has 1 unspecified atom stereocenters. The fourth-order valence-corrected chi connectivity index (χ4v) is 1.91. The highest BCUT2D eigenvalue weighted by Crippen LogP contribution is 2.20. The lowest BCUT2D eigenvalue weighted by Gasteiger charge is -2.14. The van der Waals surface area contributed by atoms with Crippen LogP contribution in [-0.4, -0.2) is 13.1 Å². The molecule has 0 aromatic heterocycles. The van der Waals surface area contributed by atoms with Crippen molar-refractivity contribution in [2.24, 2.45) is 11.7 Å². The van der Waals surface area contributed by atoms with Crippen molar-refractivity contribution in [3.05, 3.63) is 34.1 Å². The van der Waals surface area contributed by atoms with E-state index in [0.29, 0.717) is 29.6 Å². The highest BCUT2D eigenvalue weighted by molar-refractivity contribution is 6.31. The Labute approximate surface area is 107 Å². The molecule has 96 valence electrons. The fraction of sp³-hybridized carbons (Fsp3) is 0.538. The molecule has 0 bridgehead atoms. The third-order valence-corrected chi connectivity index (χ3v) is 3.34. The molecule has 0 aliphatic heterocycles. The van der Waals surface area contributed by atoms with Crippen LogP contribution in [0.25, 0.3) is 0 Å². The lowest BCUT2D eigenvalue weighted by molar-refractivity contribution is 0.471. The molecule has 2 nitrogen and oxygen atoms in total. The molecule has 0 aliphatic carbocycles. The van der Waals surface area contributed by atoms with Crippen LogP contribution in [0.3, 0.4) is 0 Å². The average molecular weight is 259 g/mol. The smallest absolute Gasteiger partial charge is 0.126 e. The molecule has 0 heterocycles. The van der Waals surface area contributed by atoms with Crippen LogP contribution in [0.5, 0.6) is 0 Å². The summed E-state index contributed by atoms with van der Waals surface area (Å²) < 4.78 is 13.4. The van der Waals surface area contributed by atoms with E-state index in [1.165, 1.54) is 6.07 Å². The highest BCUT2D eigenvalue weighted by Gasteiger charge is 2.07. The molecule has 1 aromatic carbocycles. The Kier molecular flexibility index (Phi) is 5.89. The van der Waals surface area contributed by atoms with E-state index < -0.39 is 0 Å². The second-order valence-corrected chi connectivity index (χ2v) is 4.74. The topological polar surface area (TPSA) is 38.0 Å². The number of hydrogen-bond donors (Lipinski definition) is 2. The van der Waals surface area contributed by atoms with Gasteiger partial charge in [0.15, 0.2) is 0 Å². The van der Waals surface area contributed by atoms with Crippen LogP contribution in [-0.2, 0) is 6.54 Å². The number of aryl methyl sites for hydroxylation is 1. The maximum Gasteiger partial charge on any atom is 0.126 e. The van der Waals surface area contributed by atoms with Crippen LogP contribution >= 0.6 is 11.6 Å². The summed E-state index contributed by atoms with van der Waals surface area (Å²) in [6.07, 6.45) is 1.04. The van der Waals surface area contributed by atoms with Gasteiger partial charge >= 0.3 is 0 Å². The molecule has 0 saturated heterocycles. The van der Waals surface area contributed by atoms with Crippen LogP contribution in [0.2, 0.25) is 5.02 Å². The molecule has 1 atom stereocenters. The molecule has 0 amide bonds. The molecule has 3 N–H and O–H groups in total. The minimum Gasteiger partial charge on any atom is -0.330 e. The van der Waals surface area contributed by atoms with E-state index in [9.17, 15) is 4.39 Å². The van der Waals surface area contributed by atoms with Crippen molar-refractivity contribution in [1.29, 1.82) is 0 Å². The Balaban J connectivity index is 2.55. The Morgan fingerprint density at radius 3 is 2.76 bits per heavy atom. The van der Waals surface area contributed by atoms with Gasteiger partial charge in [0.2, 0.25) is 0 Å². The number of nitrogens with two attached hydrogens (primary N) is 1. The van der Waals surface area contributed by atoms with Crippen LogP contribution < -0.4 is 11.1 Å². The molecule has 4 heteroatoms. The molecule has 0 saturated carbocycles. The Morgan fingerprint density at radius 2 is 2.18 bits per heavy atom. The lowest BCUT2D eigenvalue weighted by Crippen LogP contribution is -2.27. The summed E-state index contributed by atoms with van der Waals surface area (Å²) in [6, 6.07) is 3.15. The number of hydrogen-bond acceptors (Lipinski definition) is 2. The largest absolute Gasteiger partial charge is 0.330 e. The summed E-state index contributed by atoms with van der Waals surface area (Å²) in [5.41, 5.74) is 6.98. The Morgan fingerprint density at radius 1 is 1.47 bits per heavy atom. The summed E-state index contributed by atoms with van der Waals surface area (Å²) in [5, 5.41) is 3.87. The fourth-order valence-electron chi connectivity index (χ4n) is 1.63. The molecule has 0 aliphatic rings. The van der Waals surface area contributed by atoms with E-state index in [0.717, 1.165) is 18.5 Å². The molecule has 0 fully saturated rings. The van der Waals surface area contributed by atoms with Gasteiger partial charge in [-0.15, -0.1) is 0 Å². The predicted octanol–water partition coefficient (Wildman–Crippen LogP) is 2.86. The van der Waals surface area contributed by atoms with E-state index in [-0.39, 0.29) is 5.82 Å². The summed E-state index contributed by atoms with van der Waals surface area (Å²) in [6.45, 7) is 5.89. The lowest BCUT2D eigenvalue weighted by atomic mass is 10.1. The summed E-state index contributed by atoms with van der Waals surface area (Å²) >= 11 is 6.05. The monoisotopic (exact) mass is 258 g/mol. The molecular weight excluding hydrogens is 239 g/mol. The Hall–Kier alpha value is -0.640. The quantitative estimate of drug-likeness (QED) is 0.824. The van der Waals surface area contributed by atoms with Gasteiger partial charge in [-0.1, -0.05) is 24.9 Å². The molecular formula is C13H20ClFN2. The molecule has 1 aromatic rings. The first-order chi connectivity index (χ1) is 8.08. The van der Waals surface area contributed by atoms with Crippen molar-refractivity contribution in [3.8, 4) is 0 Å². The number of halogens is 2. The predicted molar refractivity (Wildman–Crippen MR) is 70.7 cm³/mol. The van der Waals surface area contributed by atoms with E-state index in [1.807, 2.05) is 0 Å². The van der Waals surface area contributed by atoms with Crippen molar-refractivity contribution < 1.29 is 4.39 Å². The molecule has 0 spiro atoms. The number of nitrogens with one attached hydrogen (secondary N) is 1. The third-order valence-electron chi connectivity index (χ3n) is 2.99. The molecule has 0 radical (unpaired) electrons. The van der Waals surface area contributed by atoms with Crippen LogP contribution in [0, 0.1) is 18.7 Å². The SMILES string of the molecule is CCC(CN)CNCc1cc(F)c(C)cc1Cl. The van der Waals surface area contributed by atoms with E-state index >= 15 is 0 Å². The van der Waals surface area contributed by atoms with Gasteiger partial charge in [0.25, 0.3) is 0 Å². The number of benzene rings is 1. The zero-order valence-corrected chi connectivity index (χ0v) is 11.1. The average Bonchev–Trinajstić information content (AvgIpc) is 2.31. The summed E-state index contributed by atoms with van der Waals surface area (Å²) in [7, 11) is 0. The van der Waals surface area contributed by atoms with Gasteiger partial charge in [0.1, 0.15) is 5.82 Å². The van der Waals surface area contributed by atoms with Crippen molar-refractivity contribution in [3.63, 3.8) is 0 Å². The van der Waals surface area contributed by atoms with Gasteiger partial charge in [-0.3, -0.25) is 0 Å². The zero-order valence-electron chi connectivity index (χ0n) is 10.4. The Bertz CT molecular complexity index is 365. The van der Waals surface area contributed by atoms with E-state index in [4.69, 9.17) is 17.3 Å².